The predicted octanol–water partition coefficient (Wildman–Crippen LogP) is 12.9. The maximum Gasteiger partial charge on any atom is 0.161 e. The summed E-state index contributed by atoms with van der Waals surface area (Å²) in [6.07, 6.45) is 0. The number of para-hydroxylation sites is 2. The van der Waals surface area contributed by atoms with Crippen molar-refractivity contribution in [3.8, 4) is 27.9 Å². The molecule has 2 nitrogen and oxygen atoms in total. The van der Waals surface area contributed by atoms with E-state index in [4.69, 9.17) is 4.42 Å². The van der Waals surface area contributed by atoms with Crippen LogP contribution in [0.2, 0.25) is 0 Å². The molecule has 9 aromatic carbocycles. The molecule has 0 bridgehead atoms. The molecule has 11 rings (SSSR count). The van der Waals surface area contributed by atoms with Crippen LogP contribution in [0, 0.1) is 0 Å². The summed E-state index contributed by atoms with van der Waals surface area (Å²) in [6.45, 7) is 0. The van der Waals surface area contributed by atoms with Crippen LogP contribution in [-0.4, -0.2) is 4.57 Å². The number of hydrogen-bond acceptors (Lipinski definition) is 1. The lowest BCUT2D eigenvalue weighted by Crippen LogP contribution is -1.93. The molecule has 0 aliphatic rings. The number of furan rings is 1. The van der Waals surface area contributed by atoms with Gasteiger partial charge in [0.25, 0.3) is 0 Å². The second-order valence-electron chi connectivity index (χ2n) is 12.9. The Kier molecular flexibility index (Phi) is 5.14. The molecular formula is C46H27NO. The molecule has 2 aromatic heterocycles. The Morgan fingerprint density at radius 1 is 0.396 bits per heavy atom. The lowest BCUT2D eigenvalue weighted by atomic mass is 9.87. The number of nitrogens with zero attached hydrogens (tertiary/aromatic N) is 1. The van der Waals surface area contributed by atoms with Crippen LogP contribution < -0.4 is 0 Å². The molecule has 222 valence electrons. The van der Waals surface area contributed by atoms with Crippen LogP contribution >= 0.6 is 0 Å². The van der Waals surface area contributed by atoms with E-state index in [0.717, 1.165) is 38.7 Å². The van der Waals surface area contributed by atoms with Gasteiger partial charge in [0.1, 0.15) is 11.1 Å². The van der Waals surface area contributed by atoms with Gasteiger partial charge in [0.2, 0.25) is 0 Å². The molecule has 0 saturated heterocycles. The highest BCUT2D eigenvalue weighted by molar-refractivity contribution is 6.26. The summed E-state index contributed by atoms with van der Waals surface area (Å²) in [4.78, 5) is 0. The summed E-state index contributed by atoms with van der Waals surface area (Å²) >= 11 is 0. The van der Waals surface area contributed by atoms with E-state index in [1.165, 1.54) is 65.3 Å². The molecular weight excluding hydrogens is 583 g/mol. The third kappa shape index (κ3) is 3.52. The first-order chi connectivity index (χ1) is 23.8. The van der Waals surface area contributed by atoms with E-state index in [1.54, 1.807) is 0 Å². The second-order valence-corrected chi connectivity index (χ2v) is 12.9. The number of benzene rings is 9. The van der Waals surface area contributed by atoms with Gasteiger partial charge in [0, 0.05) is 16.5 Å². The molecule has 2 heterocycles. The molecule has 0 aliphatic heterocycles. The van der Waals surface area contributed by atoms with E-state index in [-0.39, 0.29) is 0 Å². The average molecular weight is 610 g/mol. The van der Waals surface area contributed by atoms with E-state index in [0.29, 0.717) is 0 Å². The van der Waals surface area contributed by atoms with E-state index in [1.807, 2.05) is 6.07 Å². The van der Waals surface area contributed by atoms with E-state index >= 15 is 0 Å². The van der Waals surface area contributed by atoms with Crippen molar-refractivity contribution in [3.63, 3.8) is 0 Å². The van der Waals surface area contributed by atoms with Gasteiger partial charge >= 0.3 is 0 Å². The first-order valence-electron chi connectivity index (χ1n) is 16.5. The molecule has 0 atom stereocenters. The summed E-state index contributed by atoms with van der Waals surface area (Å²) in [5.41, 5.74) is 10.1. The fourth-order valence-electron chi connectivity index (χ4n) is 8.16. The van der Waals surface area contributed by atoms with Gasteiger partial charge in [0.05, 0.1) is 5.52 Å². The SMILES string of the molecule is c1ccc(-n2c3cc(-c4cc(-c5ccc6ccc7cccc8ccc5c6c78)c5ccccc5c4)ccc3c3oc4ccccc4c32)cc1. The minimum Gasteiger partial charge on any atom is -0.454 e. The van der Waals surface area contributed by atoms with Gasteiger partial charge in [-0.1, -0.05) is 115 Å². The van der Waals surface area contributed by atoms with E-state index < -0.39 is 0 Å². The maximum absolute atomic E-state index is 6.52. The summed E-state index contributed by atoms with van der Waals surface area (Å²) in [5, 5.41) is 12.6. The quantitative estimate of drug-likeness (QED) is 0.182. The van der Waals surface area contributed by atoms with Crippen LogP contribution in [0.15, 0.2) is 168 Å². The van der Waals surface area contributed by atoms with Crippen molar-refractivity contribution in [2.45, 2.75) is 0 Å². The molecule has 0 spiro atoms. The molecule has 0 fully saturated rings. The van der Waals surface area contributed by atoms with Gasteiger partial charge < -0.3 is 8.98 Å². The Hall–Kier alpha value is -6.38. The molecule has 48 heavy (non-hydrogen) atoms. The summed E-state index contributed by atoms with van der Waals surface area (Å²) in [5.74, 6) is 0. The van der Waals surface area contributed by atoms with Crippen LogP contribution in [0.1, 0.15) is 0 Å². The van der Waals surface area contributed by atoms with Crippen molar-refractivity contribution in [2.75, 3.05) is 0 Å². The molecule has 2 heteroatoms. The first kappa shape index (κ1) is 25.8. The normalized spacial score (nSPS) is 12.2. The first-order valence-corrected chi connectivity index (χ1v) is 16.5. The predicted molar refractivity (Wildman–Crippen MR) is 203 cm³/mol. The molecule has 11 aromatic rings. The molecule has 0 radical (unpaired) electrons. The lowest BCUT2D eigenvalue weighted by Gasteiger charge is -2.17. The van der Waals surface area contributed by atoms with Gasteiger partial charge in [-0.05, 0) is 114 Å². The second kappa shape index (κ2) is 9.57. The van der Waals surface area contributed by atoms with Crippen molar-refractivity contribution in [1.82, 2.24) is 4.57 Å². The Bertz CT molecular complexity index is 3040. The number of hydrogen-bond donors (Lipinski definition) is 0. The molecule has 0 unspecified atom stereocenters. The minimum absolute atomic E-state index is 0.908. The largest absolute Gasteiger partial charge is 0.454 e. The highest BCUT2D eigenvalue weighted by atomic mass is 16.3. The van der Waals surface area contributed by atoms with Crippen molar-refractivity contribution >= 4 is 76.1 Å². The minimum atomic E-state index is 0.908. The van der Waals surface area contributed by atoms with Gasteiger partial charge in [-0.15, -0.1) is 0 Å². The topological polar surface area (TPSA) is 18.1 Å². The van der Waals surface area contributed by atoms with Crippen LogP contribution in [0.4, 0.5) is 0 Å². The Labute approximate surface area is 276 Å². The molecule has 0 amide bonds. The zero-order valence-electron chi connectivity index (χ0n) is 25.9. The Morgan fingerprint density at radius 2 is 1.08 bits per heavy atom. The third-order valence-electron chi connectivity index (χ3n) is 10.3. The average Bonchev–Trinajstić information content (AvgIpc) is 3.68. The van der Waals surface area contributed by atoms with Crippen LogP contribution in [0.25, 0.3) is 104 Å². The summed E-state index contributed by atoms with van der Waals surface area (Å²) < 4.78 is 8.88. The third-order valence-corrected chi connectivity index (χ3v) is 10.3. The van der Waals surface area contributed by atoms with Gasteiger partial charge in [-0.25, -0.2) is 0 Å². The maximum atomic E-state index is 6.52. The summed E-state index contributed by atoms with van der Waals surface area (Å²) in [6, 6.07) is 59.7. The highest BCUT2D eigenvalue weighted by Gasteiger charge is 2.21. The molecule has 0 aliphatic carbocycles. The van der Waals surface area contributed by atoms with Crippen molar-refractivity contribution < 1.29 is 4.42 Å². The zero-order chi connectivity index (χ0) is 31.3. The van der Waals surface area contributed by atoms with Crippen LogP contribution in [0.3, 0.4) is 0 Å². The van der Waals surface area contributed by atoms with Gasteiger partial charge in [0.15, 0.2) is 5.58 Å². The fraction of sp³-hybridized carbons (Fsp3) is 0. The number of rotatable bonds is 3. The molecule has 0 saturated carbocycles. The van der Waals surface area contributed by atoms with E-state index in [9.17, 15) is 0 Å². The van der Waals surface area contributed by atoms with E-state index in [2.05, 4.69) is 162 Å². The highest BCUT2D eigenvalue weighted by Crippen LogP contribution is 2.44. The number of aromatic nitrogens is 1. The van der Waals surface area contributed by atoms with Crippen molar-refractivity contribution in [1.29, 1.82) is 0 Å². The smallest absolute Gasteiger partial charge is 0.161 e. The van der Waals surface area contributed by atoms with Gasteiger partial charge in [-0.2, -0.15) is 0 Å². The van der Waals surface area contributed by atoms with Gasteiger partial charge in [-0.3, -0.25) is 0 Å². The van der Waals surface area contributed by atoms with Crippen molar-refractivity contribution in [2.24, 2.45) is 0 Å². The lowest BCUT2D eigenvalue weighted by molar-refractivity contribution is 0.673. The van der Waals surface area contributed by atoms with Crippen LogP contribution in [0.5, 0.6) is 0 Å². The van der Waals surface area contributed by atoms with Crippen molar-refractivity contribution in [3.05, 3.63) is 164 Å². The number of fused-ring (bicyclic) bond motifs is 6. The Morgan fingerprint density at radius 3 is 1.96 bits per heavy atom. The Balaban J connectivity index is 1.19. The zero-order valence-corrected chi connectivity index (χ0v) is 25.9. The standard InChI is InChI=1S/C46H27NO/c1-2-12-34(13-3-1)47-41-27-31(21-24-38(41)46-45(47)39-15-6-7-16-42(39)48-46)33-25-32-9-4-5-14-35(32)40(26-33)36-22-19-30-18-17-28-10-8-11-29-20-23-37(36)44(30)43(28)29/h1-27H. The van der Waals surface area contributed by atoms with Crippen LogP contribution in [-0.2, 0) is 0 Å². The molecule has 0 N–H and O–H groups in total. The summed E-state index contributed by atoms with van der Waals surface area (Å²) in [7, 11) is 0. The fourth-order valence-corrected chi connectivity index (χ4v) is 8.16. The monoisotopic (exact) mass is 609 g/mol.